The van der Waals surface area contributed by atoms with Gasteiger partial charge in [-0.1, -0.05) is 29.8 Å². The average Bonchev–Trinajstić information content (AvgIpc) is 2.96. The predicted molar refractivity (Wildman–Crippen MR) is 102 cm³/mol. The summed E-state index contributed by atoms with van der Waals surface area (Å²) < 4.78 is 38.7. The number of ether oxygens (including phenoxy) is 1. The highest BCUT2D eigenvalue weighted by Crippen LogP contribution is 2.19. The van der Waals surface area contributed by atoms with Crippen LogP contribution in [0.1, 0.15) is 18.1 Å². The van der Waals surface area contributed by atoms with Crippen LogP contribution >= 0.6 is 0 Å². The Morgan fingerprint density at radius 2 is 1.89 bits per heavy atom. The minimum Gasteiger partial charge on any atom is -0.465 e. The standard InChI is InChI=1S/C19H20N2O6S/c1-3-26-18(22)12-21-16-9-8-15(10-17(16)27-19(21)23)28(24,25)20-11-14-6-4-13(2)5-7-14/h4-10,20H,3,11-12H2,1-2H3. The number of hydrogen-bond acceptors (Lipinski definition) is 6. The van der Waals surface area contributed by atoms with Gasteiger partial charge in [-0.15, -0.1) is 0 Å². The summed E-state index contributed by atoms with van der Waals surface area (Å²) in [7, 11) is -3.81. The first kappa shape index (κ1) is 19.8. The number of carbonyl (C=O) groups excluding carboxylic acids is 1. The van der Waals surface area contributed by atoms with E-state index in [0.717, 1.165) is 15.7 Å². The zero-order valence-corrected chi connectivity index (χ0v) is 16.3. The van der Waals surface area contributed by atoms with E-state index in [1.54, 1.807) is 6.92 Å². The summed E-state index contributed by atoms with van der Waals surface area (Å²) in [6.45, 7) is 3.63. The molecule has 0 aliphatic rings. The second kappa shape index (κ2) is 7.99. The number of sulfonamides is 1. The van der Waals surface area contributed by atoms with E-state index in [-0.39, 0.29) is 30.2 Å². The van der Waals surface area contributed by atoms with Gasteiger partial charge in [0.25, 0.3) is 0 Å². The Labute approximate surface area is 161 Å². The van der Waals surface area contributed by atoms with Gasteiger partial charge in [0.1, 0.15) is 6.54 Å². The third-order valence-corrected chi connectivity index (χ3v) is 5.53. The zero-order valence-electron chi connectivity index (χ0n) is 15.5. The normalized spacial score (nSPS) is 11.6. The van der Waals surface area contributed by atoms with Crippen LogP contribution in [-0.4, -0.2) is 25.6 Å². The van der Waals surface area contributed by atoms with Gasteiger partial charge in [0.2, 0.25) is 10.0 Å². The molecule has 0 aliphatic heterocycles. The van der Waals surface area contributed by atoms with Crippen molar-refractivity contribution in [3.05, 3.63) is 64.1 Å². The highest BCUT2D eigenvalue weighted by atomic mass is 32.2. The number of aromatic nitrogens is 1. The lowest BCUT2D eigenvalue weighted by Gasteiger charge is -2.07. The first-order chi connectivity index (χ1) is 13.3. The maximum atomic E-state index is 12.6. The van der Waals surface area contributed by atoms with Crippen LogP contribution < -0.4 is 10.5 Å². The van der Waals surface area contributed by atoms with Crippen molar-refractivity contribution in [1.82, 2.24) is 9.29 Å². The molecule has 1 aromatic heterocycles. The maximum absolute atomic E-state index is 12.6. The lowest BCUT2D eigenvalue weighted by Crippen LogP contribution is -2.23. The SMILES string of the molecule is CCOC(=O)Cn1c(=O)oc2cc(S(=O)(=O)NCc3ccc(C)cc3)ccc21. The molecule has 8 nitrogen and oxygen atoms in total. The fourth-order valence-electron chi connectivity index (χ4n) is 2.67. The van der Waals surface area contributed by atoms with Crippen LogP contribution in [0.5, 0.6) is 0 Å². The van der Waals surface area contributed by atoms with Crippen molar-refractivity contribution in [2.75, 3.05) is 6.61 Å². The fraction of sp³-hybridized carbons (Fsp3) is 0.263. The molecule has 0 radical (unpaired) electrons. The Bertz CT molecular complexity index is 1160. The minimum atomic E-state index is -3.81. The monoisotopic (exact) mass is 404 g/mol. The summed E-state index contributed by atoms with van der Waals surface area (Å²) in [6.07, 6.45) is 0. The van der Waals surface area contributed by atoms with Crippen molar-refractivity contribution in [2.45, 2.75) is 31.8 Å². The molecule has 0 bridgehead atoms. The van der Waals surface area contributed by atoms with Gasteiger partial charge in [0, 0.05) is 12.6 Å². The van der Waals surface area contributed by atoms with Gasteiger partial charge >= 0.3 is 11.7 Å². The molecule has 1 N–H and O–H groups in total. The molecule has 0 amide bonds. The molecule has 1 heterocycles. The largest absolute Gasteiger partial charge is 0.465 e. The van der Waals surface area contributed by atoms with Crippen molar-refractivity contribution >= 4 is 27.1 Å². The van der Waals surface area contributed by atoms with Crippen molar-refractivity contribution < 1.29 is 22.4 Å². The van der Waals surface area contributed by atoms with E-state index in [9.17, 15) is 18.0 Å². The highest BCUT2D eigenvalue weighted by molar-refractivity contribution is 7.89. The molecule has 148 valence electrons. The summed E-state index contributed by atoms with van der Waals surface area (Å²) in [5.41, 5.74) is 2.30. The molecule has 28 heavy (non-hydrogen) atoms. The van der Waals surface area contributed by atoms with Crippen molar-refractivity contribution in [3.63, 3.8) is 0 Å². The lowest BCUT2D eigenvalue weighted by atomic mass is 10.2. The van der Waals surface area contributed by atoms with Crippen LogP contribution in [0.3, 0.4) is 0 Å². The number of hydrogen-bond donors (Lipinski definition) is 1. The van der Waals surface area contributed by atoms with Crippen LogP contribution in [0.15, 0.2) is 56.6 Å². The van der Waals surface area contributed by atoms with E-state index in [4.69, 9.17) is 9.15 Å². The number of nitrogens with one attached hydrogen (secondary N) is 1. The van der Waals surface area contributed by atoms with Gasteiger partial charge in [0.05, 0.1) is 17.0 Å². The van der Waals surface area contributed by atoms with Crippen molar-refractivity contribution in [2.24, 2.45) is 0 Å². The van der Waals surface area contributed by atoms with Gasteiger partial charge in [-0.3, -0.25) is 9.36 Å². The van der Waals surface area contributed by atoms with Crippen LogP contribution in [0.25, 0.3) is 11.1 Å². The van der Waals surface area contributed by atoms with E-state index in [0.29, 0.717) is 5.52 Å². The van der Waals surface area contributed by atoms with Gasteiger partial charge in [-0.25, -0.2) is 17.9 Å². The van der Waals surface area contributed by atoms with E-state index < -0.39 is 21.7 Å². The fourth-order valence-corrected chi connectivity index (χ4v) is 3.70. The van der Waals surface area contributed by atoms with Gasteiger partial charge < -0.3 is 9.15 Å². The van der Waals surface area contributed by atoms with Crippen molar-refractivity contribution in [1.29, 1.82) is 0 Å². The average molecular weight is 404 g/mol. The Hall–Kier alpha value is -2.91. The quantitative estimate of drug-likeness (QED) is 0.603. The number of nitrogens with zero attached hydrogens (tertiary/aromatic N) is 1. The van der Waals surface area contributed by atoms with E-state index in [1.807, 2.05) is 31.2 Å². The maximum Gasteiger partial charge on any atom is 0.420 e. The molecule has 3 rings (SSSR count). The zero-order chi connectivity index (χ0) is 20.3. The molecule has 0 unspecified atom stereocenters. The first-order valence-corrected chi connectivity index (χ1v) is 10.1. The van der Waals surface area contributed by atoms with Gasteiger partial charge in [-0.2, -0.15) is 0 Å². The number of benzene rings is 2. The Morgan fingerprint density at radius 3 is 2.57 bits per heavy atom. The third-order valence-electron chi connectivity index (χ3n) is 4.13. The number of esters is 1. The second-order valence-electron chi connectivity index (χ2n) is 6.20. The Kier molecular flexibility index (Phi) is 5.66. The smallest absolute Gasteiger partial charge is 0.420 e. The van der Waals surface area contributed by atoms with Crippen molar-refractivity contribution in [3.8, 4) is 0 Å². The molecule has 3 aromatic rings. The lowest BCUT2D eigenvalue weighted by molar-refractivity contribution is -0.143. The molecule has 0 spiro atoms. The Balaban J connectivity index is 1.84. The molecule has 0 saturated heterocycles. The van der Waals surface area contributed by atoms with E-state index in [2.05, 4.69) is 4.72 Å². The summed E-state index contributed by atoms with van der Waals surface area (Å²) >= 11 is 0. The predicted octanol–water partition coefficient (Wildman–Crippen LogP) is 1.94. The summed E-state index contributed by atoms with van der Waals surface area (Å²) in [6, 6.07) is 11.5. The molecule has 9 heteroatoms. The molecule has 0 atom stereocenters. The van der Waals surface area contributed by atoms with E-state index in [1.165, 1.54) is 18.2 Å². The number of aryl methyl sites for hydroxylation is 1. The Morgan fingerprint density at radius 1 is 1.18 bits per heavy atom. The third kappa shape index (κ3) is 4.32. The number of fused-ring (bicyclic) bond motifs is 1. The summed E-state index contributed by atoms with van der Waals surface area (Å²) in [5, 5.41) is 0. The highest BCUT2D eigenvalue weighted by Gasteiger charge is 2.19. The molecular formula is C19H20N2O6S. The van der Waals surface area contributed by atoms with Crippen LogP contribution in [0, 0.1) is 6.92 Å². The number of rotatable bonds is 7. The molecule has 0 fully saturated rings. The van der Waals surface area contributed by atoms with Gasteiger partial charge in [-0.05, 0) is 31.5 Å². The molecule has 0 aliphatic carbocycles. The van der Waals surface area contributed by atoms with Gasteiger partial charge in [0.15, 0.2) is 5.58 Å². The topological polar surface area (TPSA) is 108 Å². The van der Waals surface area contributed by atoms with Crippen LogP contribution in [0.2, 0.25) is 0 Å². The minimum absolute atomic E-state index is 0.0378. The first-order valence-electron chi connectivity index (χ1n) is 8.64. The summed E-state index contributed by atoms with van der Waals surface area (Å²) in [4.78, 5) is 23.6. The number of carbonyl (C=O) groups is 1. The number of oxazole rings is 1. The molecule has 0 saturated carbocycles. The van der Waals surface area contributed by atoms with E-state index >= 15 is 0 Å². The molecule has 2 aromatic carbocycles. The van der Waals surface area contributed by atoms with Crippen LogP contribution in [-0.2, 0) is 32.6 Å². The summed E-state index contributed by atoms with van der Waals surface area (Å²) in [5.74, 6) is -1.34. The molecular weight excluding hydrogens is 384 g/mol. The van der Waals surface area contributed by atoms with Crippen LogP contribution in [0.4, 0.5) is 0 Å². The second-order valence-corrected chi connectivity index (χ2v) is 7.97.